The Hall–Kier alpha value is -3.00. The lowest BCUT2D eigenvalue weighted by Gasteiger charge is -2.08. The molecular weight excluding hydrogens is 324 g/mol. The van der Waals surface area contributed by atoms with Gasteiger partial charge in [0.2, 0.25) is 5.95 Å². The van der Waals surface area contributed by atoms with Gasteiger partial charge in [0.1, 0.15) is 5.69 Å². The molecule has 7 nitrogen and oxygen atoms in total. The number of anilines is 2. The fraction of sp³-hybridized carbons (Fsp3) is 0.0625. The zero-order valence-corrected chi connectivity index (χ0v) is 13.6. The van der Waals surface area contributed by atoms with E-state index in [9.17, 15) is 4.79 Å². The van der Waals surface area contributed by atoms with Gasteiger partial charge in [0, 0.05) is 11.9 Å². The van der Waals surface area contributed by atoms with Crippen molar-refractivity contribution in [2.75, 3.05) is 16.9 Å². The fourth-order valence-electron chi connectivity index (χ4n) is 1.90. The van der Waals surface area contributed by atoms with Crippen molar-refractivity contribution in [1.29, 1.82) is 0 Å². The highest BCUT2D eigenvalue weighted by Gasteiger charge is 2.11. The average molecular weight is 338 g/mol. The van der Waals surface area contributed by atoms with Crippen molar-refractivity contribution in [3.8, 4) is 11.5 Å². The van der Waals surface area contributed by atoms with Crippen LogP contribution in [0.15, 0.2) is 59.9 Å². The van der Waals surface area contributed by atoms with Gasteiger partial charge >= 0.3 is 6.03 Å². The van der Waals surface area contributed by atoms with Gasteiger partial charge in [-0.25, -0.2) is 9.78 Å². The zero-order chi connectivity index (χ0) is 16.8. The predicted molar refractivity (Wildman–Crippen MR) is 93.9 cm³/mol. The van der Waals surface area contributed by atoms with Crippen LogP contribution in [0.1, 0.15) is 0 Å². The molecule has 0 aliphatic carbocycles. The number of benzene rings is 1. The van der Waals surface area contributed by atoms with Crippen LogP contribution in [0, 0.1) is 0 Å². The van der Waals surface area contributed by atoms with Gasteiger partial charge in [-0.3, -0.25) is 10.3 Å². The quantitative estimate of drug-likeness (QED) is 0.709. The molecule has 8 heteroatoms. The van der Waals surface area contributed by atoms with Gasteiger partial charge in [0.15, 0.2) is 11.0 Å². The second-order valence-electron chi connectivity index (χ2n) is 4.63. The van der Waals surface area contributed by atoms with E-state index in [2.05, 4.69) is 30.6 Å². The number of carbonyl (C=O) groups excluding carboxylic acids is 1. The van der Waals surface area contributed by atoms with Gasteiger partial charge in [-0.2, -0.15) is 9.97 Å². The molecule has 3 rings (SSSR count). The third kappa shape index (κ3) is 4.05. The molecule has 0 unspecified atom stereocenters. The van der Waals surface area contributed by atoms with E-state index in [0.29, 0.717) is 22.4 Å². The van der Waals surface area contributed by atoms with E-state index in [1.807, 2.05) is 36.6 Å². The molecule has 0 aliphatic heterocycles. The number of pyridine rings is 1. The van der Waals surface area contributed by atoms with Crippen LogP contribution in [0.25, 0.3) is 11.5 Å². The molecule has 0 aliphatic rings. The SMILES string of the molecule is CSc1nc(NC(=O)Nc2ccccc2)nc(-c2ccccn2)n1. The van der Waals surface area contributed by atoms with Gasteiger partial charge in [0.05, 0.1) is 0 Å². The van der Waals surface area contributed by atoms with Crippen LogP contribution < -0.4 is 10.6 Å². The van der Waals surface area contributed by atoms with Crippen molar-refractivity contribution in [3.63, 3.8) is 0 Å². The Morgan fingerprint density at radius 1 is 0.958 bits per heavy atom. The summed E-state index contributed by atoms with van der Waals surface area (Å²) in [4.78, 5) is 29.1. The van der Waals surface area contributed by atoms with E-state index < -0.39 is 6.03 Å². The molecule has 2 N–H and O–H groups in total. The van der Waals surface area contributed by atoms with Gasteiger partial charge in [-0.1, -0.05) is 36.0 Å². The lowest BCUT2D eigenvalue weighted by molar-refractivity contribution is 0.262. The zero-order valence-electron chi connectivity index (χ0n) is 12.8. The van der Waals surface area contributed by atoms with Gasteiger partial charge in [-0.15, -0.1) is 0 Å². The van der Waals surface area contributed by atoms with Crippen molar-refractivity contribution in [1.82, 2.24) is 19.9 Å². The molecule has 120 valence electrons. The summed E-state index contributed by atoms with van der Waals surface area (Å²) in [7, 11) is 0. The number of para-hydroxylation sites is 1. The molecule has 0 radical (unpaired) electrons. The monoisotopic (exact) mass is 338 g/mol. The van der Waals surface area contributed by atoms with E-state index in [1.54, 1.807) is 24.4 Å². The molecule has 2 amide bonds. The van der Waals surface area contributed by atoms with Crippen molar-refractivity contribution < 1.29 is 4.79 Å². The highest BCUT2D eigenvalue weighted by molar-refractivity contribution is 7.98. The number of carbonyl (C=O) groups is 1. The maximum absolute atomic E-state index is 12.1. The number of urea groups is 1. The first-order chi connectivity index (χ1) is 11.7. The van der Waals surface area contributed by atoms with Crippen molar-refractivity contribution in [3.05, 3.63) is 54.7 Å². The Bertz CT molecular complexity index is 828. The third-order valence-corrected chi connectivity index (χ3v) is 3.50. The minimum absolute atomic E-state index is 0.170. The Balaban J connectivity index is 1.81. The Morgan fingerprint density at radius 3 is 2.46 bits per heavy atom. The van der Waals surface area contributed by atoms with Gasteiger partial charge < -0.3 is 5.32 Å². The first-order valence-corrected chi connectivity index (χ1v) is 8.31. The van der Waals surface area contributed by atoms with E-state index in [-0.39, 0.29) is 5.95 Å². The number of nitrogens with one attached hydrogen (secondary N) is 2. The van der Waals surface area contributed by atoms with Crippen LogP contribution in [0.5, 0.6) is 0 Å². The van der Waals surface area contributed by atoms with Crippen molar-refractivity contribution in [2.24, 2.45) is 0 Å². The summed E-state index contributed by atoms with van der Waals surface area (Å²) >= 11 is 1.36. The molecule has 0 fully saturated rings. The number of nitrogens with zero attached hydrogens (tertiary/aromatic N) is 4. The molecule has 0 spiro atoms. The van der Waals surface area contributed by atoms with Crippen molar-refractivity contribution >= 4 is 29.4 Å². The van der Waals surface area contributed by atoms with Crippen LogP contribution in [-0.4, -0.2) is 32.2 Å². The third-order valence-electron chi connectivity index (χ3n) is 2.95. The topological polar surface area (TPSA) is 92.7 Å². The highest BCUT2D eigenvalue weighted by atomic mass is 32.2. The van der Waals surface area contributed by atoms with Crippen LogP contribution in [-0.2, 0) is 0 Å². The second kappa shape index (κ2) is 7.51. The molecule has 0 atom stereocenters. The maximum Gasteiger partial charge on any atom is 0.326 e. The summed E-state index contributed by atoms with van der Waals surface area (Å²) in [6.07, 6.45) is 3.51. The number of thioether (sulfide) groups is 1. The summed E-state index contributed by atoms with van der Waals surface area (Å²) in [5.74, 6) is 0.577. The average Bonchev–Trinajstić information content (AvgIpc) is 2.63. The minimum atomic E-state index is -0.425. The molecule has 2 heterocycles. The minimum Gasteiger partial charge on any atom is -0.308 e. The van der Waals surface area contributed by atoms with E-state index in [0.717, 1.165) is 0 Å². The predicted octanol–water partition coefficient (Wildman–Crippen LogP) is 3.30. The Labute approximate surface area is 143 Å². The summed E-state index contributed by atoms with van der Waals surface area (Å²) < 4.78 is 0. The molecule has 0 bridgehead atoms. The Kier molecular flexibility index (Phi) is 4.97. The van der Waals surface area contributed by atoms with Gasteiger partial charge in [-0.05, 0) is 30.5 Å². The maximum atomic E-state index is 12.1. The van der Waals surface area contributed by atoms with Crippen LogP contribution in [0.3, 0.4) is 0 Å². The normalized spacial score (nSPS) is 10.2. The largest absolute Gasteiger partial charge is 0.326 e. The summed E-state index contributed by atoms with van der Waals surface area (Å²) in [5.41, 5.74) is 1.29. The first kappa shape index (κ1) is 15.9. The lowest BCUT2D eigenvalue weighted by Crippen LogP contribution is -2.21. The standard InChI is InChI=1S/C16H14N6OS/c1-24-16-20-13(12-9-5-6-10-17-12)19-14(22-16)21-15(23)18-11-7-3-2-4-8-11/h2-10H,1H3,(H2,18,19,20,21,22,23). The van der Waals surface area contributed by atoms with E-state index >= 15 is 0 Å². The summed E-state index contributed by atoms with van der Waals surface area (Å²) in [5, 5.41) is 5.84. The summed E-state index contributed by atoms with van der Waals surface area (Å²) in [6, 6.07) is 14.2. The summed E-state index contributed by atoms with van der Waals surface area (Å²) in [6.45, 7) is 0. The number of rotatable bonds is 4. The number of hydrogen-bond donors (Lipinski definition) is 2. The molecular formula is C16H14N6OS. The van der Waals surface area contributed by atoms with Crippen molar-refractivity contribution in [2.45, 2.75) is 5.16 Å². The number of amides is 2. The van der Waals surface area contributed by atoms with Crippen LogP contribution in [0.4, 0.5) is 16.4 Å². The highest BCUT2D eigenvalue weighted by Crippen LogP contribution is 2.17. The number of aromatic nitrogens is 4. The second-order valence-corrected chi connectivity index (χ2v) is 5.40. The van der Waals surface area contributed by atoms with Gasteiger partial charge in [0.25, 0.3) is 0 Å². The number of hydrogen-bond acceptors (Lipinski definition) is 6. The molecule has 24 heavy (non-hydrogen) atoms. The van der Waals surface area contributed by atoms with Crippen LogP contribution in [0.2, 0.25) is 0 Å². The van der Waals surface area contributed by atoms with E-state index in [4.69, 9.17) is 0 Å². The fourth-order valence-corrected chi connectivity index (χ4v) is 2.25. The van der Waals surface area contributed by atoms with Crippen LogP contribution >= 0.6 is 11.8 Å². The molecule has 1 aromatic carbocycles. The Morgan fingerprint density at radius 2 is 1.75 bits per heavy atom. The smallest absolute Gasteiger partial charge is 0.308 e. The molecule has 3 aromatic rings. The first-order valence-electron chi connectivity index (χ1n) is 7.09. The van der Waals surface area contributed by atoms with E-state index in [1.165, 1.54) is 11.8 Å². The molecule has 2 aromatic heterocycles. The lowest BCUT2D eigenvalue weighted by atomic mass is 10.3. The molecule has 0 saturated carbocycles. The molecule has 0 saturated heterocycles.